The van der Waals surface area contributed by atoms with E-state index in [-0.39, 0.29) is 6.04 Å². The first-order valence-corrected chi connectivity index (χ1v) is 4.28. The van der Waals surface area contributed by atoms with Crippen LogP contribution in [0.25, 0.3) is 0 Å². The quantitative estimate of drug-likeness (QED) is 0.619. The third kappa shape index (κ3) is 3.38. The summed E-state index contributed by atoms with van der Waals surface area (Å²) in [5.41, 5.74) is 0. The number of hydrogen-bond acceptors (Lipinski definition) is 2. The third-order valence-corrected chi connectivity index (χ3v) is 1.83. The van der Waals surface area contributed by atoms with Crippen molar-refractivity contribution in [3.63, 3.8) is 0 Å². The lowest BCUT2D eigenvalue weighted by atomic mass is 10.2. The SMILES string of the molecule is CCCN(C(C)C)C(C)C#N. The number of hydrogen-bond donors (Lipinski definition) is 0. The fourth-order valence-electron chi connectivity index (χ4n) is 1.23. The van der Waals surface area contributed by atoms with Crippen molar-refractivity contribution in [2.75, 3.05) is 6.54 Å². The summed E-state index contributed by atoms with van der Waals surface area (Å²) in [6, 6.07) is 2.78. The van der Waals surface area contributed by atoms with Crippen LogP contribution in [-0.4, -0.2) is 23.5 Å². The van der Waals surface area contributed by atoms with Crippen molar-refractivity contribution in [1.29, 1.82) is 5.26 Å². The molecule has 0 aliphatic heterocycles. The van der Waals surface area contributed by atoms with Gasteiger partial charge in [-0.1, -0.05) is 6.92 Å². The summed E-state index contributed by atoms with van der Waals surface area (Å²) < 4.78 is 0. The maximum absolute atomic E-state index is 8.69. The van der Waals surface area contributed by atoms with E-state index < -0.39 is 0 Å². The molecule has 1 atom stereocenters. The average molecular weight is 154 g/mol. The van der Waals surface area contributed by atoms with E-state index in [1.165, 1.54) is 0 Å². The molecule has 0 heterocycles. The minimum Gasteiger partial charge on any atom is -0.286 e. The molecule has 0 aliphatic rings. The predicted molar refractivity (Wildman–Crippen MR) is 47.2 cm³/mol. The zero-order valence-electron chi connectivity index (χ0n) is 7.96. The summed E-state index contributed by atoms with van der Waals surface area (Å²) in [7, 11) is 0. The van der Waals surface area contributed by atoms with Gasteiger partial charge in [-0.3, -0.25) is 4.90 Å². The number of rotatable bonds is 4. The standard InChI is InChI=1S/C9H18N2/c1-5-6-11(8(2)3)9(4)7-10/h8-9H,5-6H2,1-4H3. The Hall–Kier alpha value is -0.550. The lowest BCUT2D eigenvalue weighted by Gasteiger charge is -2.27. The summed E-state index contributed by atoms with van der Waals surface area (Å²) in [5, 5.41) is 8.69. The summed E-state index contributed by atoms with van der Waals surface area (Å²) in [6.45, 7) is 9.37. The highest BCUT2D eigenvalue weighted by atomic mass is 15.2. The highest BCUT2D eigenvalue weighted by Gasteiger charge is 2.14. The maximum Gasteiger partial charge on any atom is 0.0951 e. The molecule has 0 fully saturated rings. The minimum absolute atomic E-state index is 0.0509. The van der Waals surface area contributed by atoms with Crippen LogP contribution in [0.1, 0.15) is 34.1 Å². The van der Waals surface area contributed by atoms with Crippen LogP contribution >= 0.6 is 0 Å². The van der Waals surface area contributed by atoms with E-state index in [0.29, 0.717) is 6.04 Å². The molecular formula is C9H18N2. The third-order valence-electron chi connectivity index (χ3n) is 1.83. The minimum atomic E-state index is 0.0509. The molecule has 2 heteroatoms. The molecule has 0 saturated carbocycles. The van der Waals surface area contributed by atoms with Crippen LogP contribution in [0.5, 0.6) is 0 Å². The van der Waals surface area contributed by atoms with E-state index in [9.17, 15) is 0 Å². The van der Waals surface area contributed by atoms with Gasteiger partial charge in [-0.15, -0.1) is 0 Å². The monoisotopic (exact) mass is 154 g/mol. The Labute approximate surface area is 69.8 Å². The molecule has 0 aromatic heterocycles. The smallest absolute Gasteiger partial charge is 0.0951 e. The van der Waals surface area contributed by atoms with Crippen molar-refractivity contribution in [2.24, 2.45) is 0 Å². The van der Waals surface area contributed by atoms with Crippen LogP contribution in [0, 0.1) is 11.3 Å². The predicted octanol–water partition coefficient (Wildman–Crippen LogP) is 2.02. The lowest BCUT2D eigenvalue weighted by molar-refractivity contribution is 0.196. The van der Waals surface area contributed by atoms with Crippen LogP contribution in [0.3, 0.4) is 0 Å². The van der Waals surface area contributed by atoms with Gasteiger partial charge in [0.2, 0.25) is 0 Å². The largest absolute Gasteiger partial charge is 0.286 e. The highest BCUT2D eigenvalue weighted by molar-refractivity contribution is 4.89. The van der Waals surface area contributed by atoms with Gasteiger partial charge in [-0.05, 0) is 33.7 Å². The van der Waals surface area contributed by atoms with E-state index in [0.717, 1.165) is 13.0 Å². The normalized spacial score (nSPS) is 13.5. The van der Waals surface area contributed by atoms with E-state index in [4.69, 9.17) is 5.26 Å². The summed E-state index contributed by atoms with van der Waals surface area (Å²) in [6.07, 6.45) is 1.12. The molecule has 11 heavy (non-hydrogen) atoms. The van der Waals surface area contributed by atoms with Crippen molar-refractivity contribution >= 4 is 0 Å². The van der Waals surface area contributed by atoms with Crippen LogP contribution in [0.4, 0.5) is 0 Å². The van der Waals surface area contributed by atoms with Crippen LogP contribution in [0.15, 0.2) is 0 Å². The second-order valence-electron chi connectivity index (χ2n) is 3.14. The molecule has 0 amide bonds. The fraction of sp³-hybridized carbons (Fsp3) is 0.889. The van der Waals surface area contributed by atoms with Gasteiger partial charge in [0.1, 0.15) is 0 Å². The van der Waals surface area contributed by atoms with Crippen LogP contribution in [0.2, 0.25) is 0 Å². The molecular weight excluding hydrogens is 136 g/mol. The van der Waals surface area contributed by atoms with Gasteiger partial charge < -0.3 is 0 Å². The Morgan fingerprint density at radius 1 is 1.36 bits per heavy atom. The van der Waals surface area contributed by atoms with Crippen molar-refractivity contribution in [3.8, 4) is 6.07 Å². The van der Waals surface area contributed by atoms with Gasteiger partial charge in [0.05, 0.1) is 12.1 Å². The summed E-state index contributed by atoms with van der Waals surface area (Å²) >= 11 is 0. The Kier molecular flexibility index (Phi) is 4.89. The zero-order valence-corrected chi connectivity index (χ0v) is 7.96. The molecule has 0 radical (unpaired) electrons. The molecule has 0 rings (SSSR count). The van der Waals surface area contributed by atoms with Crippen LogP contribution in [-0.2, 0) is 0 Å². The van der Waals surface area contributed by atoms with E-state index in [1.807, 2.05) is 6.92 Å². The first-order valence-electron chi connectivity index (χ1n) is 4.28. The Balaban J connectivity index is 4.00. The van der Waals surface area contributed by atoms with Gasteiger partial charge in [0, 0.05) is 6.04 Å². The molecule has 0 aromatic rings. The molecule has 0 bridgehead atoms. The first-order chi connectivity index (χ1) is 5.13. The summed E-state index contributed by atoms with van der Waals surface area (Å²) in [4.78, 5) is 2.21. The van der Waals surface area contributed by atoms with Gasteiger partial charge in [-0.2, -0.15) is 5.26 Å². The Bertz CT molecular complexity index is 135. The van der Waals surface area contributed by atoms with Gasteiger partial charge in [0.15, 0.2) is 0 Å². The zero-order chi connectivity index (χ0) is 8.85. The topological polar surface area (TPSA) is 27.0 Å². The summed E-state index contributed by atoms with van der Waals surface area (Å²) in [5.74, 6) is 0. The maximum atomic E-state index is 8.69. The molecule has 0 aromatic carbocycles. The van der Waals surface area contributed by atoms with Crippen molar-refractivity contribution in [3.05, 3.63) is 0 Å². The van der Waals surface area contributed by atoms with E-state index in [1.54, 1.807) is 0 Å². The molecule has 64 valence electrons. The highest BCUT2D eigenvalue weighted by Crippen LogP contribution is 2.04. The Morgan fingerprint density at radius 3 is 2.18 bits per heavy atom. The molecule has 0 saturated heterocycles. The molecule has 0 spiro atoms. The number of nitriles is 1. The molecule has 1 unspecified atom stereocenters. The van der Waals surface area contributed by atoms with E-state index >= 15 is 0 Å². The molecule has 0 aliphatic carbocycles. The number of nitrogens with zero attached hydrogens (tertiary/aromatic N) is 2. The molecule has 0 N–H and O–H groups in total. The van der Waals surface area contributed by atoms with Crippen molar-refractivity contribution < 1.29 is 0 Å². The molecule has 2 nitrogen and oxygen atoms in total. The lowest BCUT2D eigenvalue weighted by Crippen LogP contribution is -2.38. The first kappa shape index (κ1) is 10.4. The Morgan fingerprint density at radius 2 is 1.91 bits per heavy atom. The van der Waals surface area contributed by atoms with Gasteiger partial charge in [-0.25, -0.2) is 0 Å². The van der Waals surface area contributed by atoms with Crippen molar-refractivity contribution in [2.45, 2.75) is 46.2 Å². The van der Waals surface area contributed by atoms with Gasteiger partial charge in [0.25, 0.3) is 0 Å². The van der Waals surface area contributed by atoms with Gasteiger partial charge >= 0.3 is 0 Å². The fourth-order valence-corrected chi connectivity index (χ4v) is 1.23. The second kappa shape index (κ2) is 5.15. The van der Waals surface area contributed by atoms with Crippen LogP contribution < -0.4 is 0 Å². The second-order valence-corrected chi connectivity index (χ2v) is 3.14. The average Bonchev–Trinajstić information content (AvgIpc) is 1.98. The van der Waals surface area contributed by atoms with Crippen molar-refractivity contribution in [1.82, 2.24) is 4.90 Å². The van der Waals surface area contributed by atoms with E-state index in [2.05, 4.69) is 31.7 Å².